The van der Waals surface area contributed by atoms with Crippen molar-refractivity contribution in [1.29, 1.82) is 0 Å². The molecule has 28 heavy (non-hydrogen) atoms. The molecule has 0 aliphatic heterocycles. The number of carbonyl (C=O) groups excluding carboxylic acids is 1. The van der Waals surface area contributed by atoms with Gasteiger partial charge in [0.15, 0.2) is 6.10 Å². The van der Waals surface area contributed by atoms with E-state index in [1.165, 1.54) is 19.3 Å². The Balaban J connectivity index is 2.41. The molecule has 3 N–H and O–H groups in total. The van der Waals surface area contributed by atoms with Crippen molar-refractivity contribution in [3.8, 4) is 0 Å². The average Bonchev–Trinajstić information content (AvgIpc) is 2.99. The van der Waals surface area contributed by atoms with Crippen molar-refractivity contribution in [2.24, 2.45) is 17.8 Å². The summed E-state index contributed by atoms with van der Waals surface area (Å²) in [4.78, 5) is 22.9. The number of hydrogen-bond donors (Lipinski definition) is 3. The minimum absolute atomic E-state index is 0.0363. The van der Waals surface area contributed by atoms with Crippen LogP contribution >= 0.6 is 0 Å². The van der Waals surface area contributed by atoms with Gasteiger partial charge in [-0.25, -0.2) is 4.79 Å². The normalized spacial score (nSPS) is 23.5. The Labute approximate surface area is 169 Å². The first-order valence-electron chi connectivity index (χ1n) is 10.8. The van der Waals surface area contributed by atoms with Crippen molar-refractivity contribution in [3.63, 3.8) is 0 Å². The number of allylic oxidation sites excluding steroid dienone is 3. The molecule has 0 aromatic carbocycles. The Bertz CT molecular complexity index is 525. The van der Waals surface area contributed by atoms with Crippen molar-refractivity contribution in [1.82, 2.24) is 0 Å². The Morgan fingerprint density at radius 1 is 1.21 bits per heavy atom. The quantitative estimate of drug-likeness (QED) is 0.302. The van der Waals surface area contributed by atoms with Crippen LogP contribution in [0.3, 0.4) is 0 Å². The zero-order valence-electron chi connectivity index (χ0n) is 17.4. The summed E-state index contributed by atoms with van der Waals surface area (Å²) in [6.07, 6.45) is 14.7. The van der Waals surface area contributed by atoms with Crippen LogP contribution in [0.25, 0.3) is 0 Å². The molecule has 1 rings (SSSR count). The number of aliphatic hydroxyl groups excluding tert-OH is 2. The van der Waals surface area contributed by atoms with E-state index in [2.05, 4.69) is 13.0 Å². The number of carboxylic acids is 1. The molecular weight excluding hydrogens is 356 g/mol. The lowest BCUT2D eigenvalue weighted by molar-refractivity contribution is -0.147. The lowest BCUT2D eigenvalue weighted by Gasteiger charge is -2.14. The van der Waals surface area contributed by atoms with Crippen LogP contribution in [-0.4, -0.2) is 39.3 Å². The van der Waals surface area contributed by atoms with E-state index in [-0.39, 0.29) is 36.1 Å². The molecule has 1 aliphatic rings. The topological polar surface area (TPSA) is 94.8 Å². The smallest absolute Gasteiger partial charge is 0.332 e. The number of carboxylic acid groups (broad SMARTS) is 1. The number of ketones is 1. The summed E-state index contributed by atoms with van der Waals surface area (Å²) in [5.41, 5.74) is 0. The predicted molar refractivity (Wildman–Crippen MR) is 111 cm³/mol. The standard InChI is InChI=1S/C23H38O5/c1-3-4-5-6-11-19(24)12-8-10-18-14-15-21(25)20(18)13-7-9-17(2)16-22(26)23(27)28/h7-10,17-20,22,24,26H,3-6,11-16H2,1-2H3,(H,27,28)/t17-,18-,19?,20+,22?/m0/s1. The maximum Gasteiger partial charge on any atom is 0.332 e. The van der Waals surface area contributed by atoms with Gasteiger partial charge in [-0.1, -0.05) is 63.8 Å². The Morgan fingerprint density at radius 2 is 1.96 bits per heavy atom. The molecule has 0 aromatic rings. The maximum atomic E-state index is 12.2. The highest BCUT2D eigenvalue weighted by molar-refractivity contribution is 5.83. The van der Waals surface area contributed by atoms with E-state index in [1.54, 1.807) is 0 Å². The molecule has 0 heterocycles. The van der Waals surface area contributed by atoms with Crippen molar-refractivity contribution in [3.05, 3.63) is 24.3 Å². The molecule has 1 saturated carbocycles. The molecule has 0 radical (unpaired) electrons. The van der Waals surface area contributed by atoms with Crippen LogP contribution in [0.2, 0.25) is 0 Å². The summed E-state index contributed by atoms with van der Waals surface area (Å²) in [5, 5.41) is 28.2. The fraction of sp³-hybridized carbons (Fsp3) is 0.739. The van der Waals surface area contributed by atoms with Gasteiger partial charge >= 0.3 is 5.97 Å². The number of unbranched alkanes of at least 4 members (excludes halogenated alkanes) is 3. The van der Waals surface area contributed by atoms with Gasteiger partial charge in [-0.2, -0.15) is 0 Å². The summed E-state index contributed by atoms with van der Waals surface area (Å²) in [5.74, 6) is -0.809. The first kappa shape index (κ1) is 24.6. The summed E-state index contributed by atoms with van der Waals surface area (Å²) in [7, 11) is 0. The molecule has 0 bridgehead atoms. The third-order valence-electron chi connectivity index (χ3n) is 5.57. The van der Waals surface area contributed by atoms with E-state index in [0.29, 0.717) is 19.3 Å². The zero-order valence-corrected chi connectivity index (χ0v) is 17.4. The van der Waals surface area contributed by atoms with Crippen LogP contribution in [0.4, 0.5) is 0 Å². The predicted octanol–water partition coefficient (Wildman–Crippen LogP) is 4.28. The maximum absolute atomic E-state index is 12.2. The van der Waals surface area contributed by atoms with Crippen molar-refractivity contribution in [2.45, 2.75) is 90.3 Å². The molecule has 0 saturated heterocycles. The highest BCUT2D eigenvalue weighted by atomic mass is 16.4. The Kier molecular flexibility index (Phi) is 12.0. The monoisotopic (exact) mass is 394 g/mol. The largest absolute Gasteiger partial charge is 0.479 e. The van der Waals surface area contributed by atoms with Crippen molar-refractivity contribution < 1.29 is 24.9 Å². The van der Waals surface area contributed by atoms with E-state index < -0.39 is 12.1 Å². The van der Waals surface area contributed by atoms with Gasteiger partial charge in [-0.15, -0.1) is 0 Å². The van der Waals surface area contributed by atoms with Crippen LogP contribution in [0.15, 0.2) is 24.3 Å². The Hall–Kier alpha value is -1.46. The first-order chi connectivity index (χ1) is 13.3. The van der Waals surface area contributed by atoms with E-state index in [0.717, 1.165) is 19.3 Å². The van der Waals surface area contributed by atoms with Crippen LogP contribution in [0, 0.1) is 17.8 Å². The van der Waals surface area contributed by atoms with Crippen molar-refractivity contribution >= 4 is 11.8 Å². The molecule has 2 unspecified atom stereocenters. The Morgan fingerprint density at radius 3 is 2.64 bits per heavy atom. The minimum Gasteiger partial charge on any atom is -0.479 e. The van der Waals surface area contributed by atoms with Gasteiger partial charge in [-0.05, 0) is 43.9 Å². The highest BCUT2D eigenvalue weighted by Crippen LogP contribution is 2.33. The summed E-state index contributed by atoms with van der Waals surface area (Å²) in [6.45, 7) is 4.03. The fourth-order valence-corrected chi connectivity index (χ4v) is 3.79. The number of aliphatic carboxylic acids is 1. The van der Waals surface area contributed by atoms with E-state index in [9.17, 15) is 19.8 Å². The van der Waals surface area contributed by atoms with Gasteiger partial charge in [0.2, 0.25) is 0 Å². The zero-order chi connectivity index (χ0) is 20.9. The molecule has 5 nitrogen and oxygen atoms in total. The number of Topliss-reactive ketones (excluding diaryl/α,β-unsaturated/α-hetero) is 1. The van der Waals surface area contributed by atoms with E-state index >= 15 is 0 Å². The molecule has 1 fully saturated rings. The summed E-state index contributed by atoms with van der Waals surface area (Å²) < 4.78 is 0. The van der Waals surface area contributed by atoms with Gasteiger partial charge in [0.25, 0.3) is 0 Å². The van der Waals surface area contributed by atoms with Gasteiger partial charge in [0, 0.05) is 12.3 Å². The lowest BCUT2D eigenvalue weighted by atomic mass is 9.90. The molecule has 0 aromatic heterocycles. The minimum atomic E-state index is -1.35. The number of aliphatic hydroxyl groups is 2. The van der Waals surface area contributed by atoms with Gasteiger partial charge in [-0.3, -0.25) is 4.79 Å². The number of hydrogen-bond acceptors (Lipinski definition) is 4. The molecule has 160 valence electrons. The molecular formula is C23H38O5. The highest BCUT2D eigenvalue weighted by Gasteiger charge is 2.31. The SMILES string of the molecule is CCCCCCC(O)CC=C[C@H]1CCC(=O)[C@@H]1CC=C[C@H](C)CC(O)C(=O)O. The van der Waals surface area contributed by atoms with Gasteiger partial charge in [0.05, 0.1) is 6.10 Å². The summed E-state index contributed by atoms with van der Waals surface area (Å²) in [6, 6.07) is 0. The first-order valence-corrected chi connectivity index (χ1v) is 10.8. The van der Waals surface area contributed by atoms with Crippen LogP contribution in [0.1, 0.15) is 78.1 Å². The molecule has 0 amide bonds. The van der Waals surface area contributed by atoms with Gasteiger partial charge in [0.1, 0.15) is 5.78 Å². The molecule has 5 heteroatoms. The van der Waals surface area contributed by atoms with Crippen LogP contribution in [0.5, 0.6) is 0 Å². The second-order valence-electron chi connectivity index (χ2n) is 8.17. The number of carbonyl (C=O) groups is 2. The summed E-state index contributed by atoms with van der Waals surface area (Å²) >= 11 is 0. The van der Waals surface area contributed by atoms with Crippen LogP contribution < -0.4 is 0 Å². The van der Waals surface area contributed by atoms with E-state index in [4.69, 9.17) is 5.11 Å². The van der Waals surface area contributed by atoms with E-state index in [1.807, 2.05) is 25.2 Å². The molecule has 5 atom stereocenters. The fourth-order valence-electron chi connectivity index (χ4n) is 3.79. The second-order valence-corrected chi connectivity index (χ2v) is 8.17. The lowest BCUT2D eigenvalue weighted by Crippen LogP contribution is -2.21. The van der Waals surface area contributed by atoms with Gasteiger partial charge < -0.3 is 15.3 Å². The average molecular weight is 395 g/mol. The third-order valence-corrected chi connectivity index (χ3v) is 5.57. The number of rotatable bonds is 14. The molecule has 1 aliphatic carbocycles. The second kappa shape index (κ2) is 13.7. The molecule has 0 spiro atoms. The van der Waals surface area contributed by atoms with Crippen LogP contribution in [-0.2, 0) is 9.59 Å². The third kappa shape index (κ3) is 9.65. The van der Waals surface area contributed by atoms with Crippen molar-refractivity contribution in [2.75, 3.05) is 0 Å².